The summed E-state index contributed by atoms with van der Waals surface area (Å²) in [6, 6.07) is 24.3. The number of aromatic nitrogens is 1. The Morgan fingerprint density at radius 3 is 2.43 bits per heavy atom. The lowest BCUT2D eigenvalue weighted by Crippen LogP contribution is -2.21. The van der Waals surface area contributed by atoms with Crippen molar-refractivity contribution in [1.82, 2.24) is 9.99 Å². The van der Waals surface area contributed by atoms with E-state index in [4.69, 9.17) is 13.9 Å². The predicted octanol–water partition coefficient (Wildman–Crippen LogP) is 6.09. The molecule has 0 aliphatic carbocycles. The van der Waals surface area contributed by atoms with Gasteiger partial charge < -0.3 is 23.8 Å². The molecule has 0 atom stereocenters. The molecule has 0 aliphatic rings. The van der Waals surface area contributed by atoms with E-state index in [1.54, 1.807) is 12.1 Å². The first-order chi connectivity index (χ1) is 22.2. The zero-order valence-corrected chi connectivity index (χ0v) is 24.7. The molecular weight excluding hydrogens is 597 g/mol. The lowest BCUT2D eigenvalue weighted by molar-refractivity contribution is -0.385. The second kappa shape index (κ2) is 14.0. The molecule has 234 valence electrons. The number of hydrogen-bond donors (Lipinski definition) is 2. The van der Waals surface area contributed by atoms with Crippen molar-refractivity contribution < 1.29 is 32.8 Å². The highest BCUT2D eigenvalue weighted by Crippen LogP contribution is 2.28. The van der Waals surface area contributed by atoms with Gasteiger partial charge in [-0.15, -0.1) is 0 Å². The summed E-state index contributed by atoms with van der Waals surface area (Å²) in [5.74, 6) is -1.10. The van der Waals surface area contributed by atoms with Gasteiger partial charge in [0.25, 0.3) is 5.91 Å². The third kappa shape index (κ3) is 7.63. The molecule has 2 aromatic heterocycles. The van der Waals surface area contributed by atoms with Gasteiger partial charge in [0.15, 0.2) is 18.1 Å². The average Bonchev–Trinajstić information content (AvgIpc) is 3.66. The van der Waals surface area contributed by atoms with Crippen LogP contribution in [0.25, 0.3) is 5.69 Å². The largest absolute Gasteiger partial charge is 0.486 e. The minimum absolute atomic E-state index is 0.00644. The maximum atomic E-state index is 13.7. The van der Waals surface area contributed by atoms with Crippen LogP contribution >= 0.6 is 0 Å². The smallest absolute Gasteiger partial charge is 0.311 e. The maximum absolute atomic E-state index is 13.7. The zero-order valence-electron chi connectivity index (χ0n) is 24.7. The molecular formula is C33H28FN5O7. The van der Waals surface area contributed by atoms with Gasteiger partial charge >= 0.3 is 11.6 Å². The zero-order chi connectivity index (χ0) is 32.6. The summed E-state index contributed by atoms with van der Waals surface area (Å²) in [5, 5.41) is 17.8. The molecule has 0 saturated carbocycles. The van der Waals surface area contributed by atoms with Gasteiger partial charge in [0.05, 0.1) is 16.8 Å². The highest BCUT2D eigenvalue weighted by Gasteiger charge is 2.18. The molecule has 13 heteroatoms. The Balaban J connectivity index is 1.12. The fourth-order valence-corrected chi connectivity index (χ4v) is 4.49. The number of rotatable bonds is 12. The van der Waals surface area contributed by atoms with Crippen molar-refractivity contribution in [1.29, 1.82) is 0 Å². The predicted molar refractivity (Wildman–Crippen MR) is 167 cm³/mol. The van der Waals surface area contributed by atoms with Gasteiger partial charge in [0.1, 0.15) is 23.9 Å². The highest BCUT2D eigenvalue weighted by molar-refractivity contribution is 5.93. The Kier molecular flexibility index (Phi) is 9.51. The van der Waals surface area contributed by atoms with Crippen molar-refractivity contribution in [2.24, 2.45) is 5.10 Å². The molecule has 0 bridgehead atoms. The molecule has 0 saturated heterocycles. The molecule has 0 unspecified atom stereocenters. The first kappa shape index (κ1) is 31.2. The normalized spacial score (nSPS) is 10.9. The van der Waals surface area contributed by atoms with Crippen LogP contribution in [0.1, 0.15) is 33.3 Å². The minimum Gasteiger partial charge on any atom is -0.486 e. The number of carbonyl (C=O) groups is 2. The van der Waals surface area contributed by atoms with Crippen molar-refractivity contribution in [3.8, 4) is 17.2 Å². The van der Waals surface area contributed by atoms with Crippen LogP contribution in [0.2, 0.25) is 0 Å². The van der Waals surface area contributed by atoms with Crippen molar-refractivity contribution >= 4 is 29.4 Å². The summed E-state index contributed by atoms with van der Waals surface area (Å²) >= 11 is 0. The Morgan fingerprint density at radius 2 is 1.72 bits per heavy atom. The number of para-hydroxylation sites is 1. The summed E-state index contributed by atoms with van der Waals surface area (Å²) in [5.41, 5.74) is 5.38. The van der Waals surface area contributed by atoms with Crippen LogP contribution in [0.3, 0.4) is 0 Å². The van der Waals surface area contributed by atoms with Gasteiger partial charge in [0, 0.05) is 28.7 Å². The fraction of sp³-hybridized carbons (Fsp3) is 0.121. The number of benzene rings is 3. The van der Waals surface area contributed by atoms with Crippen LogP contribution in [-0.4, -0.2) is 34.1 Å². The second-order valence-electron chi connectivity index (χ2n) is 10.0. The summed E-state index contributed by atoms with van der Waals surface area (Å²) in [6.45, 7) is 3.59. The van der Waals surface area contributed by atoms with Crippen molar-refractivity contribution in [2.45, 2.75) is 20.5 Å². The molecule has 2 amide bonds. The van der Waals surface area contributed by atoms with Crippen molar-refractivity contribution in [2.75, 3.05) is 11.9 Å². The lowest BCUT2D eigenvalue weighted by atomic mass is 10.2. The number of nitro benzene ring substituents is 1. The number of nitrogens with one attached hydrogen (secondary N) is 2. The number of halogens is 1. The number of hydrogen-bond acceptors (Lipinski definition) is 8. The molecule has 3 aromatic carbocycles. The second-order valence-corrected chi connectivity index (χ2v) is 10.0. The van der Waals surface area contributed by atoms with E-state index in [1.807, 2.05) is 38.1 Å². The summed E-state index contributed by atoms with van der Waals surface area (Å²) in [7, 11) is 0. The molecule has 0 radical (unpaired) electrons. The SMILES string of the molecule is Cc1ccc(C)n1-c1ccc(OCc2ccc(C(=O)N/N=C/c3ccc(OCC(=O)Nc4ccccc4F)c([N+](=O)[O-])c3)o2)cc1. The van der Waals surface area contributed by atoms with Gasteiger partial charge in [-0.2, -0.15) is 5.10 Å². The number of carbonyl (C=O) groups excluding carboxylic acids is 2. The number of nitrogens with zero attached hydrogens (tertiary/aromatic N) is 3. The van der Waals surface area contributed by atoms with Gasteiger partial charge in [-0.25, -0.2) is 9.82 Å². The highest BCUT2D eigenvalue weighted by atomic mass is 19.1. The molecule has 0 spiro atoms. The number of amides is 2. The van der Waals surface area contributed by atoms with E-state index < -0.39 is 34.8 Å². The Hall–Kier alpha value is -6.24. The number of nitro groups is 1. The molecule has 12 nitrogen and oxygen atoms in total. The molecule has 5 rings (SSSR count). The van der Waals surface area contributed by atoms with Crippen molar-refractivity contribution in [3.05, 3.63) is 135 Å². The standard InChI is InChI=1S/C33H28FN5O7/c1-21-7-8-22(2)38(21)24-10-12-25(13-11-24)44-19-26-14-16-31(46-26)33(41)37-35-18-23-9-15-30(29(17-23)39(42)43)45-20-32(40)36-28-6-4-3-5-27(28)34/h3-18H,19-20H2,1-2H3,(H,36,40)(H,37,41)/b35-18+. The van der Waals surface area contributed by atoms with Gasteiger partial charge in [-0.1, -0.05) is 12.1 Å². The average molecular weight is 626 g/mol. The van der Waals surface area contributed by atoms with Crippen LogP contribution < -0.4 is 20.2 Å². The molecule has 2 heterocycles. The van der Waals surface area contributed by atoms with Gasteiger partial charge in [-0.3, -0.25) is 19.7 Å². The molecule has 2 N–H and O–H groups in total. The van der Waals surface area contributed by atoms with Gasteiger partial charge in [-0.05, 0) is 86.6 Å². The summed E-state index contributed by atoms with van der Waals surface area (Å²) in [4.78, 5) is 35.5. The van der Waals surface area contributed by atoms with E-state index in [9.17, 15) is 24.1 Å². The lowest BCUT2D eigenvalue weighted by Gasteiger charge is -2.10. The number of anilines is 1. The minimum atomic E-state index is -0.701. The third-order valence-electron chi connectivity index (χ3n) is 6.70. The van der Waals surface area contributed by atoms with E-state index in [0.717, 1.165) is 23.1 Å². The Bertz CT molecular complexity index is 1890. The van der Waals surface area contributed by atoms with Gasteiger partial charge in [0.2, 0.25) is 0 Å². The fourth-order valence-electron chi connectivity index (χ4n) is 4.49. The van der Waals surface area contributed by atoms with Crippen LogP contribution in [0.15, 0.2) is 101 Å². The maximum Gasteiger partial charge on any atom is 0.311 e. The number of aryl methyl sites for hydroxylation is 2. The molecule has 46 heavy (non-hydrogen) atoms. The molecule has 0 aliphatic heterocycles. The monoisotopic (exact) mass is 625 g/mol. The molecule has 5 aromatic rings. The van der Waals surface area contributed by atoms with E-state index in [2.05, 4.69) is 32.5 Å². The first-order valence-electron chi connectivity index (χ1n) is 13.9. The third-order valence-corrected chi connectivity index (χ3v) is 6.70. The van der Waals surface area contributed by atoms with Crippen molar-refractivity contribution in [3.63, 3.8) is 0 Å². The number of furan rings is 1. The number of hydrazone groups is 1. The van der Waals surface area contributed by atoms with E-state index in [1.165, 1.54) is 42.6 Å². The van der Waals surface area contributed by atoms with E-state index >= 15 is 0 Å². The van der Waals surface area contributed by atoms with Crippen LogP contribution in [0, 0.1) is 29.8 Å². The van der Waals surface area contributed by atoms with E-state index in [0.29, 0.717) is 11.5 Å². The van der Waals surface area contributed by atoms with Crippen LogP contribution in [-0.2, 0) is 11.4 Å². The Labute approximate surface area is 262 Å². The summed E-state index contributed by atoms with van der Waals surface area (Å²) < 4.78 is 32.5. The van der Waals surface area contributed by atoms with Crippen LogP contribution in [0.5, 0.6) is 11.5 Å². The summed E-state index contributed by atoms with van der Waals surface area (Å²) in [6.07, 6.45) is 1.20. The number of ether oxygens (including phenoxy) is 2. The Morgan fingerprint density at radius 1 is 0.978 bits per heavy atom. The van der Waals surface area contributed by atoms with Crippen LogP contribution in [0.4, 0.5) is 15.8 Å². The van der Waals surface area contributed by atoms with E-state index in [-0.39, 0.29) is 29.4 Å². The molecule has 0 fully saturated rings. The first-order valence-corrected chi connectivity index (χ1v) is 13.9. The quantitative estimate of drug-likeness (QED) is 0.0967. The topological polar surface area (TPSA) is 150 Å².